The van der Waals surface area contributed by atoms with E-state index in [1.54, 1.807) is 6.07 Å². The van der Waals surface area contributed by atoms with Crippen LogP contribution in [0.2, 0.25) is 5.02 Å². The van der Waals surface area contributed by atoms with E-state index in [1.807, 2.05) is 42.5 Å². The first-order valence-corrected chi connectivity index (χ1v) is 10.3. The Morgan fingerprint density at radius 1 is 1.09 bits per heavy atom. The number of carboxylic acids is 1. The van der Waals surface area contributed by atoms with Crippen molar-refractivity contribution in [3.63, 3.8) is 0 Å². The summed E-state index contributed by atoms with van der Waals surface area (Å²) in [5.74, 6) is -2.23. The zero-order valence-electron chi connectivity index (χ0n) is 16.3. The molecule has 4 aromatic rings. The number of nitrogen functional groups attached to an aromatic ring is 1. The largest absolute Gasteiger partial charge is 0.490 e. The number of benzene rings is 2. The molecule has 0 spiro atoms. The maximum absolute atomic E-state index is 10.6. The van der Waals surface area contributed by atoms with E-state index >= 15 is 0 Å². The second-order valence-electron chi connectivity index (χ2n) is 6.66. The molecule has 0 aliphatic heterocycles. The summed E-state index contributed by atoms with van der Waals surface area (Å²) >= 11 is 10.0. The first-order chi connectivity index (χ1) is 15.1. The molecular weight excluding hydrogens is 511 g/mol. The van der Waals surface area contributed by atoms with Gasteiger partial charge in [-0.3, -0.25) is 0 Å². The van der Waals surface area contributed by atoms with E-state index in [-0.39, 0.29) is 0 Å². The van der Waals surface area contributed by atoms with E-state index in [2.05, 4.69) is 43.7 Å². The van der Waals surface area contributed by atoms with Crippen LogP contribution >= 0.6 is 27.5 Å². The molecule has 0 aliphatic carbocycles. The molecule has 166 valence electrons. The number of carboxylic acid groups (broad SMARTS) is 1. The number of aromatic nitrogens is 2. The number of pyridine rings is 1. The molecule has 0 unspecified atom stereocenters. The van der Waals surface area contributed by atoms with Gasteiger partial charge in [0.2, 0.25) is 0 Å². The van der Waals surface area contributed by atoms with Crippen LogP contribution in [-0.2, 0) is 11.3 Å². The standard InChI is InChI=1S/C20H15BrClN3.C2HF3O2/c21-14-9-8-13-10-19(16-5-1-2-6-17(16)22)25(18(13)11-14)12-15-4-3-7-20(23)24-15;3-2(4,5)1(6)7/h1-11H,12H2,(H2,23,24);(H,6,7). The molecule has 0 bridgehead atoms. The second kappa shape index (κ2) is 9.62. The number of nitrogens with two attached hydrogens (primary N) is 1. The minimum atomic E-state index is -5.08. The highest BCUT2D eigenvalue weighted by Gasteiger charge is 2.38. The van der Waals surface area contributed by atoms with Gasteiger partial charge in [-0.1, -0.05) is 57.9 Å². The van der Waals surface area contributed by atoms with Gasteiger partial charge < -0.3 is 15.4 Å². The number of hydrogen-bond donors (Lipinski definition) is 2. The molecular formula is C22H16BrClF3N3O2. The molecule has 10 heteroatoms. The summed E-state index contributed by atoms with van der Waals surface area (Å²) in [4.78, 5) is 13.3. The Bertz CT molecular complexity index is 1270. The van der Waals surface area contributed by atoms with Crippen molar-refractivity contribution in [1.82, 2.24) is 9.55 Å². The molecule has 4 rings (SSSR count). The van der Waals surface area contributed by atoms with Crippen molar-refractivity contribution in [2.75, 3.05) is 5.73 Å². The highest BCUT2D eigenvalue weighted by atomic mass is 79.9. The fourth-order valence-corrected chi connectivity index (χ4v) is 3.62. The Balaban J connectivity index is 0.000000360. The fourth-order valence-electron chi connectivity index (χ4n) is 3.04. The molecule has 0 saturated heterocycles. The lowest BCUT2D eigenvalue weighted by atomic mass is 10.1. The van der Waals surface area contributed by atoms with E-state index in [0.717, 1.165) is 37.3 Å². The molecule has 32 heavy (non-hydrogen) atoms. The maximum Gasteiger partial charge on any atom is 0.490 e. The average molecular weight is 527 g/mol. The summed E-state index contributed by atoms with van der Waals surface area (Å²) in [6.07, 6.45) is -5.08. The quantitative estimate of drug-likeness (QED) is 0.324. The minimum absolute atomic E-state index is 0.523. The third-order valence-electron chi connectivity index (χ3n) is 4.41. The van der Waals surface area contributed by atoms with E-state index in [1.165, 1.54) is 0 Å². The van der Waals surface area contributed by atoms with Gasteiger partial charge in [0.25, 0.3) is 0 Å². The summed E-state index contributed by atoms with van der Waals surface area (Å²) in [6.45, 7) is 0.617. The van der Waals surface area contributed by atoms with Crippen molar-refractivity contribution in [2.45, 2.75) is 12.7 Å². The SMILES string of the molecule is Nc1cccc(Cn2c(-c3ccccc3Cl)cc3ccc(Br)cc32)n1.O=C(O)C(F)(F)F. The Kier molecular flexibility index (Phi) is 7.10. The van der Waals surface area contributed by atoms with E-state index in [9.17, 15) is 13.2 Å². The third-order valence-corrected chi connectivity index (χ3v) is 5.23. The van der Waals surface area contributed by atoms with Crippen molar-refractivity contribution in [2.24, 2.45) is 0 Å². The van der Waals surface area contributed by atoms with Crippen LogP contribution < -0.4 is 5.73 Å². The van der Waals surface area contributed by atoms with E-state index < -0.39 is 12.1 Å². The van der Waals surface area contributed by atoms with Crippen LogP contribution in [0.5, 0.6) is 0 Å². The van der Waals surface area contributed by atoms with Crippen molar-refractivity contribution in [1.29, 1.82) is 0 Å². The molecule has 0 fully saturated rings. The number of hydrogen-bond acceptors (Lipinski definition) is 3. The summed E-state index contributed by atoms with van der Waals surface area (Å²) < 4.78 is 35.0. The maximum atomic E-state index is 10.6. The number of carbonyl (C=O) groups is 1. The molecule has 0 radical (unpaired) electrons. The van der Waals surface area contributed by atoms with Crippen LogP contribution in [-0.4, -0.2) is 26.8 Å². The van der Waals surface area contributed by atoms with Crippen LogP contribution in [0.1, 0.15) is 5.69 Å². The van der Waals surface area contributed by atoms with Crippen LogP contribution in [0.4, 0.5) is 19.0 Å². The molecule has 0 saturated carbocycles. The number of anilines is 1. The molecule has 2 heterocycles. The number of rotatable bonds is 3. The van der Waals surface area contributed by atoms with E-state index in [0.29, 0.717) is 12.4 Å². The Morgan fingerprint density at radius 2 is 1.78 bits per heavy atom. The molecule has 0 atom stereocenters. The van der Waals surface area contributed by atoms with Gasteiger partial charge in [0, 0.05) is 26.0 Å². The van der Waals surface area contributed by atoms with Gasteiger partial charge in [0.05, 0.1) is 17.9 Å². The summed E-state index contributed by atoms with van der Waals surface area (Å²) in [6, 6.07) is 22.0. The van der Waals surface area contributed by atoms with Gasteiger partial charge >= 0.3 is 12.1 Å². The zero-order valence-corrected chi connectivity index (χ0v) is 18.6. The molecule has 3 N–H and O–H groups in total. The number of fused-ring (bicyclic) bond motifs is 1. The lowest BCUT2D eigenvalue weighted by molar-refractivity contribution is -0.192. The predicted octanol–water partition coefficient (Wildman–Crippen LogP) is 6.38. The second-order valence-corrected chi connectivity index (χ2v) is 7.98. The number of nitrogens with zero attached hydrogens (tertiary/aromatic N) is 2. The Hall–Kier alpha value is -3.04. The van der Waals surface area contributed by atoms with Crippen molar-refractivity contribution in [3.8, 4) is 11.3 Å². The monoisotopic (exact) mass is 525 g/mol. The first kappa shape index (κ1) is 23.6. The third kappa shape index (κ3) is 5.60. The van der Waals surface area contributed by atoms with Crippen molar-refractivity contribution >= 4 is 50.2 Å². The Morgan fingerprint density at radius 3 is 2.41 bits per heavy atom. The van der Waals surface area contributed by atoms with Crippen molar-refractivity contribution in [3.05, 3.63) is 81.9 Å². The molecule has 2 aromatic carbocycles. The van der Waals surface area contributed by atoms with Crippen LogP contribution in [0.25, 0.3) is 22.2 Å². The van der Waals surface area contributed by atoms with Gasteiger partial charge in [0.15, 0.2) is 0 Å². The number of halogens is 5. The van der Waals surface area contributed by atoms with Gasteiger partial charge in [-0.25, -0.2) is 9.78 Å². The van der Waals surface area contributed by atoms with Crippen LogP contribution in [0.15, 0.2) is 71.2 Å². The number of aliphatic carboxylic acids is 1. The molecule has 0 aliphatic rings. The predicted molar refractivity (Wildman–Crippen MR) is 122 cm³/mol. The van der Waals surface area contributed by atoms with Crippen molar-refractivity contribution < 1.29 is 23.1 Å². The molecule has 2 aromatic heterocycles. The van der Waals surface area contributed by atoms with Crippen LogP contribution in [0, 0.1) is 0 Å². The topological polar surface area (TPSA) is 81.1 Å². The molecule has 0 amide bonds. The normalized spacial score (nSPS) is 11.2. The van der Waals surface area contributed by atoms with Gasteiger partial charge in [0.1, 0.15) is 5.82 Å². The Labute approximate surface area is 194 Å². The zero-order chi connectivity index (χ0) is 23.5. The lowest BCUT2D eigenvalue weighted by Gasteiger charge is -2.12. The number of alkyl halides is 3. The lowest BCUT2D eigenvalue weighted by Crippen LogP contribution is -2.21. The minimum Gasteiger partial charge on any atom is -0.475 e. The molecule has 5 nitrogen and oxygen atoms in total. The summed E-state index contributed by atoms with van der Waals surface area (Å²) in [5, 5.41) is 9.01. The van der Waals surface area contributed by atoms with Gasteiger partial charge in [-0.2, -0.15) is 13.2 Å². The summed E-state index contributed by atoms with van der Waals surface area (Å²) in [5.41, 5.74) is 9.93. The smallest absolute Gasteiger partial charge is 0.475 e. The van der Waals surface area contributed by atoms with Gasteiger partial charge in [-0.05, 0) is 36.4 Å². The first-order valence-electron chi connectivity index (χ1n) is 9.11. The average Bonchev–Trinajstić information content (AvgIpc) is 3.05. The van der Waals surface area contributed by atoms with Crippen LogP contribution in [0.3, 0.4) is 0 Å². The van der Waals surface area contributed by atoms with E-state index in [4.69, 9.17) is 27.2 Å². The van der Waals surface area contributed by atoms with Gasteiger partial charge in [-0.15, -0.1) is 0 Å². The highest BCUT2D eigenvalue weighted by Crippen LogP contribution is 2.34. The fraction of sp³-hybridized carbons (Fsp3) is 0.0909. The summed E-state index contributed by atoms with van der Waals surface area (Å²) in [7, 11) is 0. The highest BCUT2D eigenvalue weighted by molar-refractivity contribution is 9.10.